The average Bonchev–Trinajstić information content (AvgIpc) is 1.33. The van der Waals surface area contributed by atoms with Crippen LogP contribution in [0.15, 0.2) is 0 Å². The first-order valence-electron chi connectivity index (χ1n) is 1.01. The predicted molar refractivity (Wildman–Crippen MR) is 36.4 cm³/mol. The van der Waals surface area contributed by atoms with E-state index >= 15 is 0 Å². The molecule has 0 amide bonds. The maximum absolute atomic E-state index is 9.09. The summed E-state index contributed by atoms with van der Waals surface area (Å²) >= 11 is 9.53. The SMILES string of the molecule is ClCCl.O=S(Cl)Cl. The van der Waals surface area contributed by atoms with Gasteiger partial charge in [0.2, 0.25) is 9.23 Å². The van der Waals surface area contributed by atoms with E-state index in [-0.39, 0.29) is 5.34 Å². The van der Waals surface area contributed by atoms with Crippen molar-refractivity contribution in [2.45, 2.75) is 0 Å². The molecule has 6 heteroatoms. The third kappa shape index (κ3) is 120. The van der Waals surface area contributed by atoms with Crippen molar-refractivity contribution in [1.82, 2.24) is 0 Å². The van der Waals surface area contributed by atoms with Gasteiger partial charge in [-0.3, -0.25) is 0 Å². The van der Waals surface area contributed by atoms with Crippen molar-refractivity contribution in [1.29, 1.82) is 0 Å². The molecule has 0 aliphatic heterocycles. The lowest BCUT2D eigenvalue weighted by Gasteiger charge is -1.50. The number of hydrogen-bond acceptors (Lipinski definition) is 1. The number of hydrogen-bond donors (Lipinski definition) is 0. The lowest BCUT2D eigenvalue weighted by atomic mass is 11.9. The fourth-order valence-corrected chi connectivity index (χ4v) is 0. The molecular formula is CH2Cl4OS. The first kappa shape index (κ1) is 11.2. The Hall–Kier alpha value is 1.31. The minimum absolute atomic E-state index is 0.194. The van der Waals surface area contributed by atoms with E-state index < -0.39 is 9.23 Å². The molecule has 0 saturated heterocycles. The zero-order chi connectivity index (χ0) is 6.28. The summed E-state index contributed by atoms with van der Waals surface area (Å²) in [6, 6.07) is 0. The highest BCUT2D eigenvalue weighted by Crippen LogP contribution is 1.89. The van der Waals surface area contributed by atoms with Gasteiger partial charge in [0, 0.05) is 21.4 Å². The zero-order valence-electron chi connectivity index (χ0n) is 3.04. The van der Waals surface area contributed by atoms with E-state index in [0.29, 0.717) is 0 Å². The molecule has 0 N–H and O–H groups in total. The molecule has 0 fully saturated rings. The van der Waals surface area contributed by atoms with Gasteiger partial charge in [-0.25, -0.2) is 4.21 Å². The summed E-state index contributed by atoms with van der Waals surface area (Å²) in [4.78, 5) is 0. The van der Waals surface area contributed by atoms with Gasteiger partial charge in [-0.15, -0.1) is 23.2 Å². The lowest BCUT2D eigenvalue weighted by Crippen LogP contribution is -1.41. The normalized spacial score (nSPS) is 7.57. The lowest BCUT2D eigenvalue weighted by molar-refractivity contribution is 0.698. The quantitative estimate of drug-likeness (QED) is 0.437. The number of halogens is 4. The maximum atomic E-state index is 9.09. The highest BCUT2D eigenvalue weighted by molar-refractivity contribution is 8.26. The van der Waals surface area contributed by atoms with E-state index in [1.165, 1.54) is 0 Å². The Bertz CT molecular complexity index is 43.0. The van der Waals surface area contributed by atoms with Crippen LogP contribution in [0.1, 0.15) is 0 Å². The van der Waals surface area contributed by atoms with Gasteiger partial charge in [-0.2, -0.15) is 0 Å². The molecule has 0 heterocycles. The van der Waals surface area contributed by atoms with Crippen molar-refractivity contribution in [3.63, 3.8) is 0 Å². The van der Waals surface area contributed by atoms with Crippen LogP contribution in [0.5, 0.6) is 0 Å². The predicted octanol–water partition coefficient (Wildman–Crippen LogP) is 2.46. The van der Waals surface area contributed by atoms with Crippen LogP contribution in [0.4, 0.5) is 0 Å². The topological polar surface area (TPSA) is 17.1 Å². The van der Waals surface area contributed by atoms with Crippen LogP contribution in [-0.4, -0.2) is 9.55 Å². The highest BCUT2D eigenvalue weighted by atomic mass is 36.0. The number of alkyl halides is 2. The summed E-state index contributed by atoms with van der Waals surface area (Å²) in [5.41, 5.74) is 0. The van der Waals surface area contributed by atoms with Gasteiger partial charge < -0.3 is 0 Å². The molecule has 0 aromatic heterocycles. The van der Waals surface area contributed by atoms with Gasteiger partial charge in [0.05, 0.1) is 5.34 Å². The van der Waals surface area contributed by atoms with E-state index in [9.17, 15) is 0 Å². The van der Waals surface area contributed by atoms with Gasteiger partial charge in [0.1, 0.15) is 0 Å². The Morgan fingerprint density at radius 1 is 1.29 bits per heavy atom. The molecule has 46 valence electrons. The monoisotopic (exact) mass is 202 g/mol. The summed E-state index contributed by atoms with van der Waals surface area (Å²) in [5.74, 6) is 0. The molecule has 0 spiro atoms. The van der Waals surface area contributed by atoms with Crippen molar-refractivity contribution in [3.05, 3.63) is 0 Å². The zero-order valence-corrected chi connectivity index (χ0v) is 6.88. The summed E-state index contributed by atoms with van der Waals surface area (Å²) in [5, 5.41) is 0.194. The third-order valence-electron chi connectivity index (χ3n) is 0. The van der Waals surface area contributed by atoms with E-state index in [4.69, 9.17) is 27.4 Å². The van der Waals surface area contributed by atoms with Gasteiger partial charge in [0.25, 0.3) is 0 Å². The molecule has 0 unspecified atom stereocenters. The van der Waals surface area contributed by atoms with Crippen molar-refractivity contribution in [2.24, 2.45) is 0 Å². The van der Waals surface area contributed by atoms with Crippen LogP contribution in [0.25, 0.3) is 0 Å². The molecule has 0 radical (unpaired) electrons. The van der Waals surface area contributed by atoms with Crippen molar-refractivity contribution < 1.29 is 4.21 Å². The van der Waals surface area contributed by atoms with Crippen LogP contribution < -0.4 is 0 Å². The Labute approximate surface area is 63.3 Å². The number of rotatable bonds is 0. The van der Waals surface area contributed by atoms with E-state index in [1.54, 1.807) is 0 Å². The van der Waals surface area contributed by atoms with E-state index in [0.717, 1.165) is 0 Å². The van der Waals surface area contributed by atoms with Crippen molar-refractivity contribution in [2.75, 3.05) is 5.34 Å². The minimum Gasteiger partial charge on any atom is -0.225 e. The fourth-order valence-electron chi connectivity index (χ4n) is 0. The molecule has 0 aromatic carbocycles. The van der Waals surface area contributed by atoms with Gasteiger partial charge in [-0.1, -0.05) is 0 Å². The molecule has 0 rings (SSSR count). The Kier molecular flexibility index (Phi) is 16.4. The molecular weight excluding hydrogens is 202 g/mol. The molecule has 0 saturated carbocycles. The van der Waals surface area contributed by atoms with E-state index in [1.807, 2.05) is 0 Å². The molecule has 0 aliphatic carbocycles. The molecule has 0 aromatic rings. The average molecular weight is 204 g/mol. The van der Waals surface area contributed by atoms with Crippen molar-refractivity contribution >= 4 is 53.8 Å². The Balaban J connectivity index is 0. The molecule has 0 atom stereocenters. The fraction of sp³-hybridized carbons (Fsp3) is 1.00. The van der Waals surface area contributed by atoms with E-state index in [2.05, 4.69) is 21.4 Å². The van der Waals surface area contributed by atoms with Crippen LogP contribution >= 0.6 is 44.6 Å². The van der Waals surface area contributed by atoms with Crippen LogP contribution in [0.3, 0.4) is 0 Å². The minimum atomic E-state index is -1.67. The standard InChI is InChI=1S/CH2Cl2.Cl2OS/c2-1-3;1-4(2)3/h1H2;. The second kappa shape index (κ2) is 10.3. The van der Waals surface area contributed by atoms with Gasteiger partial charge in [-0.05, 0) is 0 Å². The smallest absolute Gasteiger partial charge is 0.211 e. The Morgan fingerprint density at radius 3 is 1.29 bits per heavy atom. The van der Waals surface area contributed by atoms with Gasteiger partial charge in [0.15, 0.2) is 0 Å². The summed E-state index contributed by atoms with van der Waals surface area (Å²) in [6.07, 6.45) is 0. The summed E-state index contributed by atoms with van der Waals surface area (Å²) < 4.78 is 9.09. The molecule has 0 bridgehead atoms. The largest absolute Gasteiger partial charge is 0.225 e. The first-order valence-corrected chi connectivity index (χ1v) is 4.88. The first-order chi connectivity index (χ1) is 3.15. The molecule has 1 nitrogen and oxygen atoms in total. The Morgan fingerprint density at radius 2 is 1.29 bits per heavy atom. The van der Waals surface area contributed by atoms with Crippen molar-refractivity contribution in [3.8, 4) is 0 Å². The second-order valence-electron chi connectivity index (χ2n) is 0.285. The van der Waals surface area contributed by atoms with Crippen LogP contribution in [0, 0.1) is 0 Å². The van der Waals surface area contributed by atoms with Gasteiger partial charge >= 0.3 is 0 Å². The second-order valence-corrected chi connectivity index (χ2v) is 3.62. The maximum Gasteiger partial charge on any atom is 0.211 e. The summed E-state index contributed by atoms with van der Waals surface area (Å²) in [7, 11) is 7.36. The van der Waals surface area contributed by atoms with Crippen LogP contribution in [-0.2, 0) is 9.23 Å². The third-order valence-corrected chi connectivity index (χ3v) is 0. The highest BCUT2D eigenvalue weighted by Gasteiger charge is 1.67. The summed E-state index contributed by atoms with van der Waals surface area (Å²) in [6.45, 7) is 0. The van der Waals surface area contributed by atoms with Crippen LogP contribution in [0.2, 0.25) is 0 Å². The molecule has 7 heavy (non-hydrogen) atoms. The molecule has 0 aliphatic rings.